The number of hydrogen-bond donors (Lipinski definition) is 0. The molecule has 6 heteroatoms. The van der Waals surface area contributed by atoms with E-state index in [1.807, 2.05) is 0 Å². The first-order chi connectivity index (χ1) is 9.73. The lowest BCUT2D eigenvalue weighted by Gasteiger charge is -2.15. The van der Waals surface area contributed by atoms with Gasteiger partial charge in [0.1, 0.15) is 0 Å². The van der Waals surface area contributed by atoms with Gasteiger partial charge in [0.25, 0.3) is 0 Å². The van der Waals surface area contributed by atoms with E-state index in [9.17, 15) is 9.59 Å². The Hall–Kier alpha value is -1.33. The average Bonchev–Trinajstić information content (AvgIpc) is 2.37. The Morgan fingerprint density at radius 2 is 2.10 bits per heavy atom. The first kappa shape index (κ1) is 17.7. The maximum absolute atomic E-state index is 11.9. The maximum atomic E-state index is 11.9. The molecule has 114 valence electrons. The summed E-state index contributed by atoms with van der Waals surface area (Å²) in [7, 11) is 0. The monoisotopic (exact) mass is 374 g/mol. The summed E-state index contributed by atoms with van der Waals surface area (Å²) in [5.74, 6) is -0.951. The van der Waals surface area contributed by atoms with E-state index in [0.717, 1.165) is 0 Å². The minimum Gasteiger partial charge on any atom is -0.463 e. The van der Waals surface area contributed by atoms with Crippen LogP contribution in [0, 0.1) is 0 Å². The molecular formula is C15H16BrClO4. The Balaban J connectivity index is 2.93. The smallest absolute Gasteiger partial charge is 0.340 e. The van der Waals surface area contributed by atoms with Crippen molar-refractivity contribution >= 4 is 45.5 Å². The summed E-state index contributed by atoms with van der Waals surface area (Å²) in [6, 6.07) is 6.68. The first-order valence-corrected chi connectivity index (χ1v) is 7.46. The number of carbonyl (C=O) groups is 2. The molecule has 0 aliphatic rings. The van der Waals surface area contributed by atoms with Crippen LogP contribution >= 0.6 is 27.5 Å². The van der Waals surface area contributed by atoms with E-state index in [1.165, 1.54) is 6.92 Å². The number of benzene rings is 1. The molecule has 1 unspecified atom stereocenters. The van der Waals surface area contributed by atoms with Crippen LogP contribution in [0.25, 0.3) is 6.08 Å². The summed E-state index contributed by atoms with van der Waals surface area (Å²) in [5, 5.41) is 0. The molecule has 0 saturated heterocycles. The van der Waals surface area contributed by atoms with Gasteiger partial charge >= 0.3 is 11.9 Å². The third-order valence-electron chi connectivity index (χ3n) is 2.37. The van der Waals surface area contributed by atoms with E-state index in [-0.39, 0.29) is 5.97 Å². The van der Waals surface area contributed by atoms with Crippen LogP contribution in [0.5, 0.6) is 0 Å². The number of alkyl halides is 2. The van der Waals surface area contributed by atoms with Crippen molar-refractivity contribution in [1.82, 2.24) is 0 Å². The van der Waals surface area contributed by atoms with Crippen LogP contribution in [-0.2, 0) is 14.3 Å². The van der Waals surface area contributed by atoms with Crippen molar-refractivity contribution in [2.24, 2.45) is 0 Å². The molecule has 0 fully saturated rings. The first-order valence-electron chi connectivity index (χ1n) is 6.29. The van der Waals surface area contributed by atoms with E-state index in [2.05, 4.69) is 15.9 Å². The largest absolute Gasteiger partial charge is 0.463 e. The molecule has 0 spiro atoms. The van der Waals surface area contributed by atoms with Gasteiger partial charge in [0.05, 0.1) is 12.2 Å². The Morgan fingerprint density at radius 3 is 2.67 bits per heavy atom. The van der Waals surface area contributed by atoms with Gasteiger partial charge in [0, 0.05) is 12.5 Å². The van der Waals surface area contributed by atoms with Crippen molar-refractivity contribution in [3.8, 4) is 0 Å². The molecule has 1 rings (SSSR count). The summed E-state index contributed by atoms with van der Waals surface area (Å²) in [6.45, 7) is 5.21. The van der Waals surface area contributed by atoms with Crippen molar-refractivity contribution in [3.63, 3.8) is 0 Å². The van der Waals surface area contributed by atoms with Crippen LogP contribution in [0.3, 0.4) is 0 Å². The van der Waals surface area contributed by atoms with Crippen molar-refractivity contribution < 1.29 is 19.1 Å². The van der Waals surface area contributed by atoms with Gasteiger partial charge in [0.2, 0.25) is 3.97 Å². The quantitative estimate of drug-likeness (QED) is 0.441. The molecule has 0 radical (unpaired) electrons. The molecule has 1 atom stereocenters. The number of esters is 2. The molecule has 0 aliphatic carbocycles. The van der Waals surface area contributed by atoms with E-state index >= 15 is 0 Å². The second kappa shape index (κ2) is 7.61. The number of halogens is 2. The zero-order valence-corrected chi connectivity index (χ0v) is 14.3. The number of ether oxygens (including phenoxy) is 2. The molecule has 0 aliphatic heterocycles. The zero-order valence-electron chi connectivity index (χ0n) is 12.0. The lowest BCUT2D eigenvalue weighted by atomic mass is 10.1. The lowest BCUT2D eigenvalue weighted by Crippen LogP contribution is -2.18. The second-order valence-electron chi connectivity index (χ2n) is 4.37. The predicted octanol–water partition coefficient (Wildman–Crippen LogP) is 4.12. The molecule has 0 amide bonds. The highest BCUT2D eigenvalue weighted by Crippen LogP contribution is 2.25. The van der Waals surface area contributed by atoms with Crippen molar-refractivity contribution in [2.45, 2.75) is 24.7 Å². The van der Waals surface area contributed by atoms with Crippen LogP contribution < -0.4 is 0 Å². The average molecular weight is 376 g/mol. The van der Waals surface area contributed by atoms with Crippen LogP contribution in [0.2, 0.25) is 0 Å². The Morgan fingerprint density at radius 1 is 1.43 bits per heavy atom. The molecule has 1 aromatic carbocycles. The van der Waals surface area contributed by atoms with E-state index in [0.29, 0.717) is 23.3 Å². The fourth-order valence-electron chi connectivity index (χ4n) is 1.53. The van der Waals surface area contributed by atoms with Crippen molar-refractivity contribution in [3.05, 3.63) is 41.0 Å². The molecule has 21 heavy (non-hydrogen) atoms. The van der Waals surface area contributed by atoms with Crippen LogP contribution in [-0.4, -0.2) is 22.5 Å². The van der Waals surface area contributed by atoms with Crippen LogP contribution in [0.4, 0.5) is 0 Å². The summed E-state index contributed by atoms with van der Waals surface area (Å²) in [4.78, 5) is 23.4. The highest BCUT2D eigenvalue weighted by molar-refractivity contribution is 9.10. The minimum absolute atomic E-state index is 0.315. The molecule has 4 nitrogen and oxygen atoms in total. The normalized spacial score (nSPS) is 14.2. The summed E-state index contributed by atoms with van der Waals surface area (Å²) < 4.78 is 8.64. The van der Waals surface area contributed by atoms with Crippen LogP contribution in [0.1, 0.15) is 36.7 Å². The fraction of sp³-hybridized carbons (Fsp3) is 0.333. The standard InChI is InChI=1S/C15H16BrClO4/c1-4-20-13(18)10(2)8-11-6-5-7-12(9-11)14(19)21-15(3,16)17/h5-9H,4H2,1-3H3/b10-8+. The highest BCUT2D eigenvalue weighted by atomic mass is 79.9. The number of rotatable bonds is 5. The Bertz CT molecular complexity index is 561. The number of hydrogen-bond acceptors (Lipinski definition) is 4. The summed E-state index contributed by atoms with van der Waals surface area (Å²) in [5.41, 5.74) is 1.48. The highest BCUT2D eigenvalue weighted by Gasteiger charge is 2.22. The van der Waals surface area contributed by atoms with Gasteiger partial charge < -0.3 is 9.47 Å². The van der Waals surface area contributed by atoms with Gasteiger partial charge in [-0.25, -0.2) is 9.59 Å². The number of carbonyl (C=O) groups excluding carboxylic acids is 2. The summed E-state index contributed by atoms with van der Waals surface area (Å²) in [6.07, 6.45) is 1.64. The molecule has 0 saturated carbocycles. The molecule has 0 N–H and O–H groups in total. The Kier molecular flexibility index (Phi) is 6.42. The lowest BCUT2D eigenvalue weighted by molar-refractivity contribution is -0.138. The van der Waals surface area contributed by atoms with Gasteiger partial charge in [0.15, 0.2) is 0 Å². The maximum Gasteiger partial charge on any atom is 0.340 e. The molecule has 0 bridgehead atoms. The third-order valence-corrected chi connectivity index (χ3v) is 2.61. The molecule has 1 aromatic rings. The Labute approximate surface area is 137 Å². The third kappa shape index (κ3) is 6.31. The van der Waals surface area contributed by atoms with Gasteiger partial charge in [-0.15, -0.1) is 0 Å². The van der Waals surface area contributed by atoms with E-state index in [1.54, 1.807) is 44.2 Å². The van der Waals surface area contributed by atoms with Gasteiger partial charge in [-0.3, -0.25) is 0 Å². The minimum atomic E-state index is -1.25. The molecular weight excluding hydrogens is 360 g/mol. The SMILES string of the molecule is CCOC(=O)/C(C)=C/c1cccc(C(=O)OC(C)(Cl)Br)c1. The fourth-order valence-corrected chi connectivity index (χ4v) is 1.75. The van der Waals surface area contributed by atoms with Gasteiger partial charge in [-0.2, -0.15) is 0 Å². The topological polar surface area (TPSA) is 52.6 Å². The predicted molar refractivity (Wildman–Crippen MR) is 85.3 cm³/mol. The van der Waals surface area contributed by atoms with Crippen molar-refractivity contribution in [2.75, 3.05) is 6.61 Å². The van der Waals surface area contributed by atoms with Gasteiger partial charge in [-0.05, 0) is 53.5 Å². The molecule has 0 aromatic heterocycles. The zero-order chi connectivity index (χ0) is 16.0. The summed E-state index contributed by atoms with van der Waals surface area (Å²) >= 11 is 8.80. The second-order valence-corrected chi connectivity index (χ2v) is 7.06. The van der Waals surface area contributed by atoms with Crippen LogP contribution in [0.15, 0.2) is 29.8 Å². The van der Waals surface area contributed by atoms with E-state index in [4.69, 9.17) is 21.1 Å². The molecule has 0 heterocycles. The van der Waals surface area contributed by atoms with Crippen molar-refractivity contribution in [1.29, 1.82) is 0 Å². The van der Waals surface area contributed by atoms with Gasteiger partial charge in [-0.1, -0.05) is 23.7 Å². The van der Waals surface area contributed by atoms with E-state index < -0.39 is 9.94 Å².